The van der Waals surface area contributed by atoms with E-state index in [1.807, 2.05) is 24.1 Å². The van der Waals surface area contributed by atoms with Crippen LogP contribution in [-0.2, 0) is 11.3 Å². The number of fused-ring (bicyclic) bond motifs is 2. The van der Waals surface area contributed by atoms with E-state index >= 15 is 0 Å². The lowest BCUT2D eigenvalue weighted by atomic mass is 9.96. The van der Waals surface area contributed by atoms with Gasteiger partial charge in [-0.3, -0.25) is 9.59 Å². The molecule has 1 aliphatic carbocycles. The van der Waals surface area contributed by atoms with Gasteiger partial charge in [-0.15, -0.1) is 0 Å². The summed E-state index contributed by atoms with van der Waals surface area (Å²) in [6.45, 7) is 6.22. The fourth-order valence-corrected chi connectivity index (χ4v) is 5.47. The molecule has 34 heavy (non-hydrogen) atoms. The fraction of sp³-hybridized carbons (Fsp3) is 0.444. The van der Waals surface area contributed by atoms with Crippen LogP contribution in [0.2, 0.25) is 0 Å². The number of aromatic amines is 1. The summed E-state index contributed by atoms with van der Waals surface area (Å²) in [4.78, 5) is 35.9. The average Bonchev–Trinajstić information content (AvgIpc) is 3.51. The van der Waals surface area contributed by atoms with Gasteiger partial charge in [0.25, 0.3) is 11.8 Å². The second-order valence-electron chi connectivity index (χ2n) is 10.0. The zero-order valence-electron chi connectivity index (χ0n) is 19.7. The number of carbonyl (C=O) groups excluding carboxylic acids is 2. The highest BCUT2D eigenvalue weighted by atomic mass is 16.5. The van der Waals surface area contributed by atoms with Crippen molar-refractivity contribution in [2.45, 2.75) is 58.2 Å². The average molecular weight is 459 g/mol. The summed E-state index contributed by atoms with van der Waals surface area (Å²) in [6.07, 6.45) is 7.68. The number of ether oxygens (including phenoxy) is 1. The molecule has 4 heterocycles. The van der Waals surface area contributed by atoms with Crippen molar-refractivity contribution in [3.63, 3.8) is 0 Å². The van der Waals surface area contributed by atoms with E-state index in [4.69, 9.17) is 4.74 Å². The van der Waals surface area contributed by atoms with Crippen molar-refractivity contribution >= 4 is 22.8 Å². The number of benzene rings is 1. The molecule has 7 heteroatoms. The summed E-state index contributed by atoms with van der Waals surface area (Å²) < 4.78 is 5.40. The molecule has 0 unspecified atom stereocenters. The number of hydrogen-bond donors (Lipinski definition) is 2. The standard InChI is InChI=1S/C27H30N4O3/c1-15-9-18(10-20-14-31(27(33)24(15)20)16(2)17-3-4-17)19-11-22-23(13-29-25(22)28-12-19)26(32)30-21-5-7-34-8-6-21/h9-13,16-17,21H,3-8,14H2,1-2H3,(H,28,29)(H,30,32)/t16-/m0/s1. The molecule has 1 atom stereocenters. The van der Waals surface area contributed by atoms with E-state index in [0.717, 1.165) is 46.0 Å². The summed E-state index contributed by atoms with van der Waals surface area (Å²) in [5.41, 5.74) is 6.19. The minimum atomic E-state index is -0.0856. The summed E-state index contributed by atoms with van der Waals surface area (Å²) in [5.74, 6) is 0.714. The lowest BCUT2D eigenvalue weighted by molar-refractivity contribution is 0.0690. The Bertz CT molecular complexity index is 1290. The molecule has 2 N–H and O–H groups in total. The number of aromatic nitrogens is 2. The van der Waals surface area contributed by atoms with Gasteiger partial charge in [-0.25, -0.2) is 4.98 Å². The van der Waals surface area contributed by atoms with Crippen molar-refractivity contribution in [2.75, 3.05) is 13.2 Å². The molecular formula is C27H30N4O3. The molecule has 1 aromatic carbocycles. The predicted molar refractivity (Wildman–Crippen MR) is 130 cm³/mol. The van der Waals surface area contributed by atoms with Gasteiger partial charge in [-0.05, 0) is 74.3 Å². The van der Waals surface area contributed by atoms with E-state index in [9.17, 15) is 9.59 Å². The molecule has 6 rings (SSSR count). The normalized spacial score (nSPS) is 19.5. The van der Waals surface area contributed by atoms with Crippen LogP contribution in [0.1, 0.15) is 64.4 Å². The third-order valence-electron chi connectivity index (χ3n) is 7.69. The smallest absolute Gasteiger partial charge is 0.255 e. The molecule has 0 spiro atoms. The first-order chi connectivity index (χ1) is 16.5. The third-order valence-corrected chi connectivity index (χ3v) is 7.69. The molecule has 2 aromatic heterocycles. The fourth-order valence-electron chi connectivity index (χ4n) is 5.47. The van der Waals surface area contributed by atoms with Crippen LogP contribution in [0.15, 0.2) is 30.6 Å². The molecule has 2 aliphatic heterocycles. The van der Waals surface area contributed by atoms with Crippen molar-refractivity contribution in [2.24, 2.45) is 5.92 Å². The van der Waals surface area contributed by atoms with Gasteiger partial charge in [0.05, 0.1) is 5.56 Å². The summed E-state index contributed by atoms with van der Waals surface area (Å²) >= 11 is 0. The molecule has 0 radical (unpaired) electrons. The van der Waals surface area contributed by atoms with Gasteiger partial charge in [-0.2, -0.15) is 0 Å². The van der Waals surface area contributed by atoms with E-state index in [1.165, 1.54) is 12.8 Å². The molecule has 2 fully saturated rings. The van der Waals surface area contributed by atoms with Crippen LogP contribution in [-0.4, -0.2) is 52.0 Å². The maximum absolute atomic E-state index is 13.1. The largest absolute Gasteiger partial charge is 0.381 e. The van der Waals surface area contributed by atoms with Gasteiger partial charge in [0, 0.05) is 60.7 Å². The summed E-state index contributed by atoms with van der Waals surface area (Å²) in [6, 6.07) is 6.65. The quantitative estimate of drug-likeness (QED) is 0.600. The Kier molecular flexibility index (Phi) is 5.17. The number of pyridine rings is 1. The maximum Gasteiger partial charge on any atom is 0.255 e. The molecule has 7 nitrogen and oxygen atoms in total. The van der Waals surface area contributed by atoms with Crippen molar-refractivity contribution in [3.05, 3.63) is 52.8 Å². The number of amides is 2. The predicted octanol–water partition coefficient (Wildman–Crippen LogP) is 4.20. The molecule has 176 valence electrons. The Morgan fingerprint density at radius 1 is 1.18 bits per heavy atom. The van der Waals surface area contributed by atoms with Gasteiger partial charge < -0.3 is 19.9 Å². The van der Waals surface area contributed by atoms with Gasteiger partial charge in [0.1, 0.15) is 5.65 Å². The maximum atomic E-state index is 13.1. The molecule has 2 amide bonds. The number of hydrogen-bond acceptors (Lipinski definition) is 4. The van der Waals surface area contributed by atoms with Crippen LogP contribution < -0.4 is 5.32 Å². The zero-order chi connectivity index (χ0) is 23.4. The van der Waals surface area contributed by atoms with Gasteiger partial charge in [-0.1, -0.05) is 6.07 Å². The van der Waals surface area contributed by atoms with Crippen LogP contribution in [0.5, 0.6) is 0 Å². The Morgan fingerprint density at radius 3 is 2.74 bits per heavy atom. The minimum absolute atomic E-state index is 0.0856. The van der Waals surface area contributed by atoms with Crippen LogP contribution >= 0.6 is 0 Å². The van der Waals surface area contributed by atoms with E-state index in [1.54, 1.807) is 6.20 Å². The van der Waals surface area contributed by atoms with Gasteiger partial charge >= 0.3 is 0 Å². The van der Waals surface area contributed by atoms with Crippen molar-refractivity contribution in [3.8, 4) is 11.1 Å². The first-order valence-electron chi connectivity index (χ1n) is 12.3. The van der Waals surface area contributed by atoms with Crippen molar-refractivity contribution < 1.29 is 14.3 Å². The monoisotopic (exact) mass is 458 g/mol. The van der Waals surface area contributed by atoms with E-state index in [2.05, 4.69) is 34.3 Å². The molecule has 3 aromatic rings. The lowest BCUT2D eigenvalue weighted by Gasteiger charge is -2.24. The summed E-state index contributed by atoms with van der Waals surface area (Å²) in [5, 5.41) is 3.95. The van der Waals surface area contributed by atoms with Crippen molar-refractivity contribution in [1.29, 1.82) is 0 Å². The van der Waals surface area contributed by atoms with Crippen LogP contribution in [0, 0.1) is 12.8 Å². The number of rotatable bonds is 5. The molecule has 0 bridgehead atoms. The SMILES string of the molecule is Cc1cc(-c2cnc3[nH]cc(C(=O)NC4CCOCC4)c3c2)cc2c1C(=O)N([C@@H](C)C1CC1)C2. The topological polar surface area (TPSA) is 87.3 Å². The molecule has 3 aliphatic rings. The highest BCUT2D eigenvalue weighted by Gasteiger charge is 2.39. The highest BCUT2D eigenvalue weighted by Crippen LogP contribution is 2.40. The first-order valence-corrected chi connectivity index (χ1v) is 12.3. The molecule has 1 saturated heterocycles. The van der Waals surface area contributed by atoms with Crippen LogP contribution in [0.3, 0.4) is 0 Å². The second-order valence-corrected chi connectivity index (χ2v) is 10.0. The Balaban J connectivity index is 1.30. The van der Waals surface area contributed by atoms with Gasteiger partial charge in [0.15, 0.2) is 0 Å². The highest BCUT2D eigenvalue weighted by molar-refractivity contribution is 6.07. The van der Waals surface area contributed by atoms with Crippen LogP contribution in [0.4, 0.5) is 0 Å². The Morgan fingerprint density at radius 2 is 1.97 bits per heavy atom. The van der Waals surface area contributed by atoms with Crippen LogP contribution in [0.25, 0.3) is 22.2 Å². The third kappa shape index (κ3) is 3.68. The first kappa shape index (κ1) is 21.4. The van der Waals surface area contributed by atoms with Crippen molar-refractivity contribution in [1.82, 2.24) is 20.2 Å². The minimum Gasteiger partial charge on any atom is -0.381 e. The van der Waals surface area contributed by atoms with E-state index < -0.39 is 0 Å². The zero-order valence-corrected chi connectivity index (χ0v) is 19.7. The molecular weight excluding hydrogens is 428 g/mol. The summed E-state index contributed by atoms with van der Waals surface area (Å²) in [7, 11) is 0. The Hall–Kier alpha value is -3.19. The van der Waals surface area contributed by atoms with Gasteiger partial charge in [0.2, 0.25) is 0 Å². The molecule has 1 saturated carbocycles. The Labute approximate surface area is 198 Å². The lowest BCUT2D eigenvalue weighted by Crippen LogP contribution is -2.38. The van der Waals surface area contributed by atoms with E-state index in [0.29, 0.717) is 36.9 Å². The second kappa shape index (κ2) is 8.24. The number of aryl methyl sites for hydroxylation is 1. The number of nitrogens with one attached hydrogen (secondary N) is 2. The number of H-pyrrole nitrogens is 1. The number of carbonyl (C=O) groups is 2. The van der Waals surface area contributed by atoms with E-state index in [-0.39, 0.29) is 23.9 Å². The number of nitrogens with zero attached hydrogens (tertiary/aromatic N) is 2.